The summed E-state index contributed by atoms with van der Waals surface area (Å²) in [5.74, 6) is 1.20. The Balaban J connectivity index is 1.38. The van der Waals surface area contributed by atoms with Gasteiger partial charge in [0.15, 0.2) is 23.0 Å². The Morgan fingerprint density at radius 1 is 1.02 bits per heavy atom. The zero-order chi connectivity index (χ0) is 31.9. The normalized spacial score (nSPS) is 13.8. The second-order valence-corrected chi connectivity index (χ2v) is 12.2. The monoisotopic (exact) mass is 614 g/mol. The van der Waals surface area contributed by atoms with Crippen LogP contribution in [0.3, 0.4) is 0 Å². The molecule has 230 valence electrons. The number of nitrogen functional groups attached to an aromatic ring is 1. The van der Waals surface area contributed by atoms with Crippen LogP contribution in [0.1, 0.15) is 36.6 Å². The largest absolute Gasteiger partial charge is 0.504 e. The van der Waals surface area contributed by atoms with Crippen molar-refractivity contribution >= 4 is 27.8 Å². The quantitative estimate of drug-likeness (QED) is 0.255. The van der Waals surface area contributed by atoms with E-state index in [1.165, 1.54) is 6.33 Å². The topological polar surface area (TPSA) is 168 Å². The molecule has 0 bridgehead atoms. The van der Waals surface area contributed by atoms with Gasteiger partial charge in [-0.1, -0.05) is 12.1 Å². The maximum Gasteiger partial charge on any atom is 0.281 e. The Hall–Kier alpha value is -5.98. The summed E-state index contributed by atoms with van der Waals surface area (Å²) in [5.41, 5.74) is 12.1. The number of phenols is 1. The summed E-state index contributed by atoms with van der Waals surface area (Å²) < 4.78 is 11.3. The lowest BCUT2D eigenvalue weighted by Crippen LogP contribution is -2.33. The van der Waals surface area contributed by atoms with Crippen LogP contribution < -0.4 is 16.0 Å². The van der Waals surface area contributed by atoms with Gasteiger partial charge in [0.05, 0.1) is 22.5 Å². The predicted molar refractivity (Wildman–Crippen MR) is 173 cm³/mol. The van der Waals surface area contributed by atoms with E-state index in [1.54, 1.807) is 27.8 Å². The van der Waals surface area contributed by atoms with Crippen LogP contribution in [-0.2, 0) is 13.0 Å². The number of hydrogen-bond donors (Lipinski definition) is 3. The van der Waals surface area contributed by atoms with Gasteiger partial charge < -0.3 is 15.6 Å². The van der Waals surface area contributed by atoms with Crippen molar-refractivity contribution in [3.05, 3.63) is 94.3 Å². The van der Waals surface area contributed by atoms with E-state index in [0.717, 1.165) is 33.6 Å². The lowest BCUT2D eigenvalue weighted by molar-refractivity contribution is 0.134. The summed E-state index contributed by atoms with van der Waals surface area (Å²) in [5, 5.41) is 23.6. The summed E-state index contributed by atoms with van der Waals surface area (Å²) in [6.45, 7) is 7.92. The third-order valence-corrected chi connectivity index (χ3v) is 8.51. The highest BCUT2D eigenvalue weighted by Gasteiger charge is 2.35. The van der Waals surface area contributed by atoms with E-state index in [-0.39, 0.29) is 23.7 Å². The van der Waals surface area contributed by atoms with Crippen LogP contribution in [0.2, 0.25) is 0 Å². The number of benzene rings is 2. The van der Waals surface area contributed by atoms with Crippen LogP contribution in [-0.4, -0.2) is 55.0 Å². The second-order valence-electron chi connectivity index (χ2n) is 12.2. The molecule has 46 heavy (non-hydrogen) atoms. The number of anilines is 1. The van der Waals surface area contributed by atoms with E-state index in [2.05, 4.69) is 20.2 Å². The molecule has 0 amide bonds. The molecule has 0 radical (unpaired) electrons. The van der Waals surface area contributed by atoms with Crippen molar-refractivity contribution < 1.29 is 9.84 Å². The number of nitrogens with zero attached hydrogens (tertiary/aromatic N) is 8. The number of nitrogens with two attached hydrogens (primary N) is 1. The molecule has 1 aliphatic heterocycles. The Morgan fingerprint density at radius 2 is 1.83 bits per heavy atom. The van der Waals surface area contributed by atoms with Crippen LogP contribution >= 0.6 is 0 Å². The number of aromatic nitrogens is 9. The van der Waals surface area contributed by atoms with Crippen molar-refractivity contribution in [3.63, 3.8) is 0 Å². The molecular formula is C33H30N10O3. The van der Waals surface area contributed by atoms with E-state index < -0.39 is 5.60 Å². The fourth-order valence-electron chi connectivity index (χ4n) is 6.52. The first-order valence-electron chi connectivity index (χ1n) is 14.8. The Bertz CT molecular complexity index is 2380. The molecule has 13 heteroatoms. The summed E-state index contributed by atoms with van der Waals surface area (Å²) in [4.78, 5) is 28.5. The summed E-state index contributed by atoms with van der Waals surface area (Å²) in [6, 6.07) is 12.9. The molecule has 8 rings (SSSR count). The van der Waals surface area contributed by atoms with Gasteiger partial charge in [-0.15, -0.1) is 0 Å². The fraction of sp³-hybridized carbons (Fsp3) is 0.212. The SMILES string of the molecule is Cc1ccc(C)n1-n1c(Cn2nc(-c3ccc(O)c4c3CC(C)(C)O4)c3c(N)ncnc32)nc2cccc(-c3cn[nH]c3)c2c1=O. The van der Waals surface area contributed by atoms with Gasteiger partial charge in [0, 0.05) is 40.7 Å². The standard InChI is InChI=1S/C33H30N10O3/c1-17-8-9-18(2)42(17)43-25(39-23-7-5-6-20(26(23)32(43)45)19-13-37-38-14-19)15-41-31-27(30(34)35-16-36-31)28(40-41)21-10-11-24(44)29-22(21)12-33(3,4)46-29/h5-11,13-14,16,44H,12,15H2,1-4H3,(H,37,38)(H2,34,35,36). The number of aromatic amines is 1. The molecule has 0 spiro atoms. The first kappa shape index (κ1) is 27.6. The third-order valence-electron chi connectivity index (χ3n) is 8.51. The lowest BCUT2D eigenvalue weighted by atomic mass is 9.95. The highest BCUT2D eigenvalue weighted by molar-refractivity contribution is 5.99. The maximum atomic E-state index is 14.6. The van der Waals surface area contributed by atoms with E-state index >= 15 is 0 Å². The Kier molecular flexibility index (Phi) is 5.85. The van der Waals surface area contributed by atoms with E-state index in [4.69, 9.17) is 20.6 Å². The molecule has 13 nitrogen and oxygen atoms in total. The number of fused-ring (bicyclic) bond motifs is 3. The van der Waals surface area contributed by atoms with E-state index in [0.29, 0.717) is 45.6 Å². The molecule has 1 aliphatic rings. The van der Waals surface area contributed by atoms with Gasteiger partial charge in [-0.05, 0) is 63.6 Å². The lowest BCUT2D eigenvalue weighted by Gasteiger charge is -2.19. The summed E-state index contributed by atoms with van der Waals surface area (Å²) in [6.07, 6.45) is 5.40. The van der Waals surface area contributed by atoms with Crippen molar-refractivity contribution in [2.45, 2.75) is 46.3 Å². The molecule has 5 aromatic heterocycles. The Labute approximate surface area is 261 Å². The molecule has 4 N–H and O–H groups in total. The average Bonchev–Trinajstić information content (AvgIpc) is 3.81. The first-order valence-corrected chi connectivity index (χ1v) is 14.8. The molecule has 0 saturated heterocycles. The molecular weight excluding hydrogens is 584 g/mol. The van der Waals surface area contributed by atoms with Crippen molar-refractivity contribution in [2.75, 3.05) is 5.73 Å². The van der Waals surface area contributed by atoms with Crippen LogP contribution in [0.25, 0.3) is 44.3 Å². The van der Waals surface area contributed by atoms with Crippen molar-refractivity contribution in [3.8, 4) is 33.9 Å². The van der Waals surface area contributed by atoms with Crippen molar-refractivity contribution in [2.24, 2.45) is 0 Å². The van der Waals surface area contributed by atoms with Crippen LogP contribution in [0.15, 0.2) is 66.0 Å². The van der Waals surface area contributed by atoms with Gasteiger partial charge >= 0.3 is 0 Å². The minimum absolute atomic E-state index is 0.0638. The van der Waals surface area contributed by atoms with Gasteiger partial charge in [-0.2, -0.15) is 14.9 Å². The minimum atomic E-state index is -0.511. The molecule has 0 fully saturated rings. The number of rotatable bonds is 5. The van der Waals surface area contributed by atoms with Gasteiger partial charge in [0.2, 0.25) is 0 Å². The maximum absolute atomic E-state index is 14.6. The third kappa shape index (κ3) is 4.08. The second kappa shape index (κ2) is 9.76. The van der Waals surface area contributed by atoms with E-state index in [1.807, 2.05) is 68.8 Å². The van der Waals surface area contributed by atoms with Crippen molar-refractivity contribution in [1.29, 1.82) is 0 Å². The molecule has 0 atom stereocenters. The zero-order valence-electron chi connectivity index (χ0n) is 25.6. The van der Waals surface area contributed by atoms with Gasteiger partial charge in [0.1, 0.15) is 30.0 Å². The average molecular weight is 615 g/mol. The highest BCUT2D eigenvalue weighted by atomic mass is 16.5. The van der Waals surface area contributed by atoms with E-state index in [9.17, 15) is 9.90 Å². The fourth-order valence-corrected chi connectivity index (χ4v) is 6.52. The summed E-state index contributed by atoms with van der Waals surface area (Å²) >= 11 is 0. The molecule has 0 unspecified atom stereocenters. The minimum Gasteiger partial charge on any atom is -0.504 e. The molecule has 0 saturated carbocycles. The number of nitrogens with one attached hydrogen (secondary N) is 1. The van der Waals surface area contributed by atoms with Gasteiger partial charge in [-0.25, -0.2) is 19.6 Å². The highest BCUT2D eigenvalue weighted by Crippen LogP contribution is 2.47. The Morgan fingerprint density at radius 3 is 2.59 bits per heavy atom. The predicted octanol–water partition coefficient (Wildman–Crippen LogP) is 4.37. The van der Waals surface area contributed by atoms with Crippen molar-refractivity contribution in [1.82, 2.24) is 44.3 Å². The van der Waals surface area contributed by atoms with Crippen LogP contribution in [0, 0.1) is 13.8 Å². The number of aryl methyl sites for hydroxylation is 2. The number of ether oxygens (including phenoxy) is 1. The number of H-pyrrole nitrogens is 1. The molecule has 0 aliphatic carbocycles. The van der Waals surface area contributed by atoms with Crippen LogP contribution in [0.5, 0.6) is 11.5 Å². The van der Waals surface area contributed by atoms with Gasteiger partial charge in [0.25, 0.3) is 5.56 Å². The zero-order valence-corrected chi connectivity index (χ0v) is 25.6. The molecule has 2 aromatic carbocycles. The molecule has 7 aromatic rings. The smallest absolute Gasteiger partial charge is 0.281 e. The molecule has 6 heterocycles. The van der Waals surface area contributed by atoms with Crippen LogP contribution in [0.4, 0.5) is 5.82 Å². The summed E-state index contributed by atoms with van der Waals surface area (Å²) in [7, 11) is 0. The number of hydrogen-bond acceptors (Lipinski definition) is 9. The number of aromatic hydroxyl groups is 1. The first-order chi connectivity index (χ1) is 22.1. The number of phenolic OH excluding ortho intramolecular Hbond substituents is 1. The van der Waals surface area contributed by atoms with Gasteiger partial charge in [-0.3, -0.25) is 14.6 Å².